The van der Waals surface area contributed by atoms with Crippen LogP contribution >= 0.6 is 0 Å². The van der Waals surface area contributed by atoms with E-state index < -0.39 is 17.3 Å². The molecule has 0 fully saturated rings. The van der Waals surface area contributed by atoms with Gasteiger partial charge in [-0.3, -0.25) is 4.57 Å². The second kappa shape index (κ2) is 7.65. The molecular weight excluding hydrogens is 435 g/mol. The summed E-state index contributed by atoms with van der Waals surface area (Å²) in [6.07, 6.45) is -0.884. The number of aromatic nitrogens is 5. The molecule has 7 nitrogen and oxygen atoms in total. The molecule has 0 spiro atoms. The molecule has 1 aliphatic heterocycles. The van der Waals surface area contributed by atoms with Crippen molar-refractivity contribution in [2.75, 3.05) is 6.61 Å². The van der Waals surface area contributed by atoms with Gasteiger partial charge in [0.05, 0.1) is 29.7 Å². The van der Waals surface area contributed by atoms with Crippen molar-refractivity contribution in [2.24, 2.45) is 0 Å². The summed E-state index contributed by atoms with van der Waals surface area (Å²) >= 11 is 0. The number of benzene rings is 2. The van der Waals surface area contributed by atoms with Gasteiger partial charge in [0.25, 0.3) is 6.01 Å². The Morgan fingerprint density at radius 2 is 1.91 bits per heavy atom. The van der Waals surface area contributed by atoms with Crippen molar-refractivity contribution in [3.63, 3.8) is 0 Å². The number of hydrogen-bond acceptors (Lipinski definition) is 5. The van der Waals surface area contributed by atoms with Crippen LogP contribution in [-0.4, -0.2) is 36.8 Å². The number of fused-ring (bicyclic) bond motifs is 1. The molecule has 33 heavy (non-hydrogen) atoms. The topological polar surface area (TPSA) is 67.0 Å². The largest absolute Gasteiger partial charge is 0.489 e. The highest BCUT2D eigenvalue weighted by molar-refractivity contribution is 5.59. The van der Waals surface area contributed by atoms with Gasteiger partial charge >= 0.3 is 6.18 Å². The first kappa shape index (κ1) is 21.0. The van der Waals surface area contributed by atoms with Crippen LogP contribution in [0.2, 0.25) is 0 Å². The highest BCUT2D eigenvalue weighted by atomic mass is 19.4. The third kappa shape index (κ3) is 4.28. The quantitative estimate of drug-likeness (QED) is 0.437. The van der Waals surface area contributed by atoms with Gasteiger partial charge in [-0.1, -0.05) is 17.3 Å². The molecule has 0 bridgehead atoms. The lowest BCUT2D eigenvalue weighted by atomic mass is 10.1. The summed E-state index contributed by atoms with van der Waals surface area (Å²) in [5.74, 6) is 0.655. The average molecular weight is 455 g/mol. The zero-order chi connectivity index (χ0) is 23.2. The predicted octanol–water partition coefficient (Wildman–Crippen LogP) is 4.69. The lowest BCUT2D eigenvalue weighted by Crippen LogP contribution is -2.38. The molecule has 1 aliphatic rings. The van der Waals surface area contributed by atoms with E-state index in [0.717, 1.165) is 17.8 Å². The fraction of sp³-hybridized carbons (Fsp3) is 0.261. The maximum atomic E-state index is 13.0. The molecule has 2 aromatic heterocycles. The number of nitrogens with zero attached hydrogens (tertiary/aromatic N) is 5. The summed E-state index contributed by atoms with van der Waals surface area (Å²) in [6, 6.07) is 12.8. The lowest BCUT2D eigenvalue weighted by molar-refractivity contribution is -0.137. The molecule has 0 N–H and O–H groups in total. The van der Waals surface area contributed by atoms with Gasteiger partial charge in [-0.2, -0.15) is 13.2 Å². The number of hydrogen-bond donors (Lipinski definition) is 0. The van der Waals surface area contributed by atoms with Gasteiger partial charge in [0.1, 0.15) is 18.1 Å². The third-order valence-corrected chi connectivity index (χ3v) is 5.33. The van der Waals surface area contributed by atoms with Gasteiger partial charge in [-0.05, 0) is 50.2 Å². The molecule has 1 atom stereocenters. The van der Waals surface area contributed by atoms with Crippen molar-refractivity contribution in [1.82, 2.24) is 24.5 Å². The summed E-state index contributed by atoms with van der Waals surface area (Å²) in [5, 5.41) is 8.06. The smallest absolute Gasteiger partial charge is 0.416 e. The number of imidazole rings is 1. The van der Waals surface area contributed by atoms with Gasteiger partial charge in [0.15, 0.2) is 5.60 Å². The van der Waals surface area contributed by atoms with Crippen molar-refractivity contribution in [2.45, 2.75) is 32.2 Å². The van der Waals surface area contributed by atoms with Crippen LogP contribution in [0.5, 0.6) is 11.8 Å². The fourth-order valence-electron chi connectivity index (χ4n) is 3.72. The van der Waals surface area contributed by atoms with Gasteiger partial charge < -0.3 is 9.47 Å². The second-order valence-electron chi connectivity index (χ2n) is 8.25. The Labute approximate surface area is 187 Å². The van der Waals surface area contributed by atoms with Crippen molar-refractivity contribution in [3.05, 3.63) is 72.2 Å². The maximum absolute atomic E-state index is 13.0. The van der Waals surface area contributed by atoms with E-state index in [1.807, 2.05) is 24.6 Å². The van der Waals surface area contributed by atoms with E-state index in [9.17, 15) is 13.2 Å². The van der Waals surface area contributed by atoms with Crippen LogP contribution < -0.4 is 9.47 Å². The normalized spacial score (nSPS) is 17.6. The van der Waals surface area contributed by atoms with E-state index in [2.05, 4.69) is 15.3 Å². The molecule has 10 heteroatoms. The van der Waals surface area contributed by atoms with Crippen LogP contribution in [0.15, 0.2) is 60.9 Å². The molecule has 170 valence electrons. The van der Waals surface area contributed by atoms with E-state index in [1.54, 1.807) is 36.5 Å². The molecule has 0 saturated carbocycles. The molecule has 0 aliphatic carbocycles. The van der Waals surface area contributed by atoms with E-state index in [0.29, 0.717) is 41.9 Å². The zero-order valence-electron chi connectivity index (χ0n) is 17.9. The summed E-state index contributed by atoms with van der Waals surface area (Å²) < 4.78 is 54.3. The molecule has 0 radical (unpaired) electrons. The van der Waals surface area contributed by atoms with Crippen molar-refractivity contribution >= 4 is 0 Å². The Bertz CT molecular complexity index is 1270. The van der Waals surface area contributed by atoms with Gasteiger partial charge in [-0.15, -0.1) is 5.10 Å². The van der Waals surface area contributed by atoms with Crippen molar-refractivity contribution < 1.29 is 22.6 Å². The molecule has 2 aromatic carbocycles. The van der Waals surface area contributed by atoms with Crippen LogP contribution in [0.1, 0.15) is 18.2 Å². The van der Waals surface area contributed by atoms with Gasteiger partial charge in [0, 0.05) is 11.8 Å². The Hall–Kier alpha value is -3.82. The highest BCUT2D eigenvalue weighted by Crippen LogP contribution is 2.32. The molecule has 3 heterocycles. The minimum atomic E-state index is -4.41. The predicted molar refractivity (Wildman–Crippen MR) is 113 cm³/mol. The fourth-order valence-corrected chi connectivity index (χ4v) is 3.72. The van der Waals surface area contributed by atoms with E-state index in [1.165, 1.54) is 10.7 Å². The lowest BCUT2D eigenvalue weighted by Gasteiger charge is -2.22. The summed E-state index contributed by atoms with van der Waals surface area (Å²) in [6.45, 7) is 4.88. The Balaban J connectivity index is 1.25. The van der Waals surface area contributed by atoms with E-state index in [-0.39, 0.29) is 0 Å². The Kier molecular flexibility index (Phi) is 4.88. The number of alkyl halides is 3. The van der Waals surface area contributed by atoms with E-state index >= 15 is 0 Å². The van der Waals surface area contributed by atoms with Crippen molar-refractivity contribution in [3.8, 4) is 28.7 Å². The molecule has 4 aromatic rings. The number of ether oxygens (including phenoxy) is 2. The van der Waals surface area contributed by atoms with E-state index in [4.69, 9.17) is 9.47 Å². The van der Waals surface area contributed by atoms with Crippen LogP contribution in [-0.2, 0) is 12.7 Å². The third-order valence-electron chi connectivity index (χ3n) is 5.33. The average Bonchev–Trinajstić information content (AvgIpc) is 3.46. The van der Waals surface area contributed by atoms with Crippen LogP contribution in [0.3, 0.4) is 0 Å². The number of halogens is 3. The Morgan fingerprint density at radius 1 is 1.12 bits per heavy atom. The Morgan fingerprint density at radius 3 is 2.64 bits per heavy atom. The SMILES string of the molecule is Cc1cn2c(n1)OC(C)(COc1ccc(-n3cc(-c4cccc(C(F)(F)F)c4)nn3)cc1)C2. The van der Waals surface area contributed by atoms with Crippen LogP contribution in [0, 0.1) is 6.92 Å². The minimum Gasteiger partial charge on any atom is -0.489 e. The molecular formula is C23H20F3N5O2. The molecule has 0 amide bonds. The minimum absolute atomic E-state index is 0.344. The molecule has 1 unspecified atom stereocenters. The van der Waals surface area contributed by atoms with Gasteiger partial charge in [0.2, 0.25) is 0 Å². The second-order valence-corrected chi connectivity index (χ2v) is 8.25. The van der Waals surface area contributed by atoms with Crippen LogP contribution in [0.25, 0.3) is 16.9 Å². The molecule has 5 rings (SSSR count). The monoisotopic (exact) mass is 455 g/mol. The van der Waals surface area contributed by atoms with Crippen molar-refractivity contribution in [1.29, 1.82) is 0 Å². The van der Waals surface area contributed by atoms with Crippen LogP contribution in [0.4, 0.5) is 13.2 Å². The number of aryl methyl sites for hydroxylation is 1. The maximum Gasteiger partial charge on any atom is 0.416 e. The summed E-state index contributed by atoms with van der Waals surface area (Å²) in [4.78, 5) is 4.34. The first-order chi connectivity index (χ1) is 15.7. The standard InChI is InChI=1S/C23H20F3N5O2/c1-15-11-30-13-22(2,33-21(30)27-15)14-32-19-8-6-18(7-9-19)31-12-20(28-29-31)16-4-3-5-17(10-16)23(24,25)26/h3-12H,13-14H2,1-2H3. The first-order valence-corrected chi connectivity index (χ1v) is 10.2. The number of rotatable bonds is 5. The zero-order valence-corrected chi connectivity index (χ0v) is 17.9. The summed E-state index contributed by atoms with van der Waals surface area (Å²) in [7, 11) is 0. The van der Waals surface area contributed by atoms with Gasteiger partial charge in [-0.25, -0.2) is 9.67 Å². The highest BCUT2D eigenvalue weighted by Gasteiger charge is 2.37. The molecule has 0 saturated heterocycles. The first-order valence-electron chi connectivity index (χ1n) is 10.2. The summed E-state index contributed by atoms with van der Waals surface area (Å²) in [5.41, 5.74) is 1.06.